The minimum absolute atomic E-state index is 0.106. The molecule has 1 saturated carbocycles. The summed E-state index contributed by atoms with van der Waals surface area (Å²) >= 11 is 1.55. The van der Waals surface area contributed by atoms with Crippen LogP contribution in [-0.4, -0.2) is 65.7 Å². The fourth-order valence-corrected chi connectivity index (χ4v) is 6.78. The Bertz CT molecular complexity index is 936. The van der Waals surface area contributed by atoms with Gasteiger partial charge in [-0.2, -0.15) is 13.2 Å². The Morgan fingerprint density at radius 3 is 2.66 bits per heavy atom. The predicted molar refractivity (Wildman–Crippen MR) is 116 cm³/mol. The summed E-state index contributed by atoms with van der Waals surface area (Å²) in [6.45, 7) is 3.60. The fourth-order valence-electron chi connectivity index (χ4n) is 5.52. The number of rotatable bonds is 5. The number of aryl methyl sites for hydroxylation is 1. The van der Waals surface area contributed by atoms with Gasteiger partial charge in [0.25, 0.3) is 0 Å². The highest BCUT2D eigenvalue weighted by molar-refractivity contribution is 7.19. The van der Waals surface area contributed by atoms with Crippen molar-refractivity contribution in [3.05, 3.63) is 22.7 Å². The molecule has 176 valence electrons. The highest BCUT2D eigenvalue weighted by Crippen LogP contribution is 2.49. The molecule has 5 rings (SSSR count). The van der Waals surface area contributed by atoms with Gasteiger partial charge in [-0.15, -0.1) is 11.3 Å². The van der Waals surface area contributed by atoms with Crippen molar-refractivity contribution < 1.29 is 27.8 Å². The van der Waals surface area contributed by atoms with Crippen LogP contribution in [0.15, 0.2) is 12.3 Å². The largest absolute Gasteiger partial charge is 0.490 e. The van der Waals surface area contributed by atoms with Crippen LogP contribution >= 0.6 is 11.3 Å². The Labute approximate surface area is 189 Å². The van der Waals surface area contributed by atoms with E-state index in [2.05, 4.69) is 9.88 Å². The molecule has 2 aromatic heterocycles. The van der Waals surface area contributed by atoms with Crippen molar-refractivity contribution >= 4 is 21.6 Å². The first-order valence-corrected chi connectivity index (χ1v) is 12.4. The lowest BCUT2D eigenvalue weighted by molar-refractivity contribution is -0.206. The SMILES string of the molecule is O[C@@H](C[C@H]1CCc2sc3nccc(O[C@H]4CC[C@H](N5CCOCC5)CC4)c3c21)C(F)(F)F. The number of hydrogen-bond donors (Lipinski definition) is 1. The van der Waals surface area contributed by atoms with E-state index in [4.69, 9.17) is 9.47 Å². The highest BCUT2D eigenvalue weighted by atomic mass is 32.1. The quantitative estimate of drug-likeness (QED) is 0.689. The zero-order valence-corrected chi connectivity index (χ0v) is 18.8. The van der Waals surface area contributed by atoms with Crippen molar-refractivity contribution in [1.29, 1.82) is 0 Å². The maximum absolute atomic E-state index is 13.0. The zero-order chi connectivity index (χ0) is 22.3. The van der Waals surface area contributed by atoms with E-state index in [9.17, 15) is 18.3 Å². The Morgan fingerprint density at radius 1 is 1.19 bits per heavy atom. The molecule has 32 heavy (non-hydrogen) atoms. The molecule has 1 aliphatic heterocycles. The third-order valence-electron chi connectivity index (χ3n) is 7.18. The maximum atomic E-state index is 13.0. The Balaban J connectivity index is 1.31. The smallest absolute Gasteiger partial charge is 0.414 e. The second-order valence-electron chi connectivity index (χ2n) is 9.15. The van der Waals surface area contributed by atoms with Crippen LogP contribution in [0.1, 0.15) is 54.9 Å². The van der Waals surface area contributed by atoms with Gasteiger partial charge in [0, 0.05) is 30.2 Å². The lowest BCUT2D eigenvalue weighted by atomic mass is 9.91. The van der Waals surface area contributed by atoms with Crippen LogP contribution in [0.3, 0.4) is 0 Å². The van der Waals surface area contributed by atoms with E-state index in [1.165, 1.54) is 0 Å². The van der Waals surface area contributed by atoms with Crippen molar-refractivity contribution in [3.8, 4) is 5.75 Å². The van der Waals surface area contributed by atoms with Gasteiger partial charge in [-0.25, -0.2) is 4.98 Å². The minimum atomic E-state index is -4.59. The molecule has 2 atom stereocenters. The molecule has 0 unspecified atom stereocenters. The Hall–Kier alpha value is -1.42. The molecule has 3 heterocycles. The van der Waals surface area contributed by atoms with Gasteiger partial charge < -0.3 is 14.6 Å². The number of aromatic nitrogens is 1. The number of fused-ring (bicyclic) bond motifs is 3. The van der Waals surface area contributed by atoms with Gasteiger partial charge in [-0.05, 0) is 62.5 Å². The zero-order valence-electron chi connectivity index (χ0n) is 17.9. The van der Waals surface area contributed by atoms with Crippen LogP contribution in [0, 0.1) is 0 Å². The number of aliphatic hydroxyl groups excluding tert-OH is 1. The molecule has 3 aliphatic rings. The van der Waals surface area contributed by atoms with Crippen LogP contribution in [0.4, 0.5) is 13.2 Å². The van der Waals surface area contributed by atoms with Crippen LogP contribution in [-0.2, 0) is 11.2 Å². The average molecular weight is 471 g/mol. The summed E-state index contributed by atoms with van der Waals surface area (Å²) < 4.78 is 50.8. The number of hydrogen-bond acceptors (Lipinski definition) is 6. The predicted octanol–water partition coefficient (Wildman–Crippen LogP) is 4.66. The third kappa shape index (κ3) is 4.49. The van der Waals surface area contributed by atoms with Gasteiger partial charge in [0.15, 0.2) is 0 Å². The van der Waals surface area contributed by atoms with Crippen molar-refractivity contribution in [2.45, 2.75) is 75.3 Å². The van der Waals surface area contributed by atoms with E-state index in [1.54, 1.807) is 17.5 Å². The summed E-state index contributed by atoms with van der Waals surface area (Å²) in [6, 6.07) is 2.42. The standard InChI is InChI=1S/C23H29F3N2O3S/c24-23(25,26)19(29)13-14-1-6-18-20(14)21-17(7-8-27-22(21)32-18)31-16-4-2-15(3-5-16)28-9-11-30-12-10-28/h7-8,14-16,19,29H,1-6,9-13H2/t14-,15-,16-,19+/m1/s1. The van der Waals surface area contributed by atoms with Gasteiger partial charge in [0.2, 0.25) is 0 Å². The monoisotopic (exact) mass is 470 g/mol. The number of aliphatic hydroxyl groups is 1. The molecule has 1 N–H and O–H groups in total. The molecule has 9 heteroatoms. The molecule has 0 radical (unpaired) electrons. The van der Waals surface area contributed by atoms with Crippen molar-refractivity contribution in [3.63, 3.8) is 0 Å². The van der Waals surface area contributed by atoms with Gasteiger partial charge in [-0.3, -0.25) is 4.90 Å². The summed E-state index contributed by atoms with van der Waals surface area (Å²) in [5.74, 6) is 0.412. The van der Waals surface area contributed by atoms with E-state index in [-0.39, 0.29) is 18.4 Å². The molecule has 0 aromatic carbocycles. The van der Waals surface area contributed by atoms with Gasteiger partial charge in [0.05, 0.1) is 24.7 Å². The topological polar surface area (TPSA) is 54.8 Å². The fraction of sp³-hybridized carbons (Fsp3) is 0.696. The first-order valence-electron chi connectivity index (χ1n) is 11.5. The second-order valence-corrected chi connectivity index (χ2v) is 10.2. The van der Waals surface area contributed by atoms with E-state index < -0.39 is 12.3 Å². The van der Waals surface area contributed by atoms with Crippen molar-refractivity contribution in [1.82, 2.24) is 9.88 Å². The van der Waals surface area contributed by atoms with Crippen LogP contribution in [0.5, 0.6) is 5.75 Å². The number of ether oxygens (including phenoxy) is 2. The van der Waals surface area contributed by atoms with E-state index in [0.29, 0.717) is 12.5 Å². The van der Waals surface area contributed by atoms with Gasteiger partial charge in [-0.1, -0.05) is 0 Å². The van der Waals surface area contributed by atoms with E-state index in [0.717, 1.165) is 84.8 Å². The van der Waals surface area contributed by atoms with Crippen LogP contribution in [0.2, 0.25) is 0 Å². The Kier molecular flexibility index (Phi) is 6.35. The van der Waals surface area contributed by atoms with Crippen molar-refractivity contribution in [2.75, 3.05) is 26.3 Å². The number of pyridine rings is 1. The maximum Gasteiger partial charge on any atom is 0.414 e. The molecule has 0 amide bonds. The summed E-state index contributed by atoms with van der Waals surface area (Å²) in [7, 11) is 0. The number of thiophene rings is 1. The number of morpholine rings is 1. The normalized spacial score (nSPS) is 28.1. The number of nitrogens with zero attached hydrogens (tertiary/aromatic N) is 2. The molecule has 2 aromatic rings. The van der Waals surface area contributed by atoms with Gasteiger partial charge >= 0.3 is 6.18 Å². The molecule has 2 aliphatic carbocycles. The number of halogens is 3. The van der Waals surface area contributed by atoms with Gasteiger partial charge in [0.1, 0.15) is 16.7 Å². The first-order chi connectivity index (χ1) is 15.4. The molecular formula is C23H29F3N2O3S. The van der Waals surface area contributed by atoms with E-state index >= 15 is 0 Å². The third-order valence-corrected chi connectivity index (χ3v) is 8.35. The Morgan fingerprint density at radius 2 is 1.94 bits per heavy atom. The van der Waals surface area contributed by atoms with Crippen LogP contribution in [0.25, 0.3) is 10.2 Å². The average Bonchev–Trinajstić information content (AvgIpc) is 3.34. The molecule has 5 nitrogen and oxygen atoms in total. The molecule has 2 fully saturated rings. The second kappa shape index (κ2) is 9.08. The minimum Gasteiger partial charge on any atom is -0.490 e. The van der Waals surface area contributed by atoms with Crippen molar-refractivity contribution in [2.24, 2.45) is 0 Å². The summed E-state index contributed by atoms with van der Waals surface area (Å²) in [5, 5.41) is 10.5. The lowest BCUT2D eigenvalue weighted by Gasteiger charge is -2.38. The lowest BCUT2D eigenvalue weighted by Crippen LogP contribution is -2.46. The summed E-state index contributed by atoms with van der Waals surface area (Å²) in [4.78, 5) is 8.89. The number of alkyl halides is 3. The van der Waals surface area contributed by atoms with Crippen LogP contribution < -0.4 is 4.74 Å². The molecule has 0 spiro atoms. The van der Waals surface area contributed by atoms with E-state index in [1.807, 2.05) is 6.07 Å². The highest BCUT2D eigenvalue weighted by Gasteiger charge is 2.42. The molecular weight excluding hydrogens is 441 g/mol. The molecule has 1 saturated heterocycles. The summed E-state index contributed by atoms with van der Waals surface area (Å²) in [5.41, 5.74) is 0.915. The first kappa shape index (κ1) is 22.4. The summed E-state index contributed by atoms with van der Waals surface area (Å²) in [6.07, 6.45) is 0.0949. The molecule has 0 bridgehead atoms.